The quantitative estimate of drug-likeness (QED) is 0.353. The van der Waals surface area contributed by atoms with Crippen LogP contribution in [0.5, 0.6) is 0 Å². The summed E-state index contributed by atoms with van der Waals surface area (Å²) in [5.74, 6) is 2.87. The van der Waals surface area contributed by atoms with E-state index in [1.54, 1.807) is 6.92 Å². The number of nitrogens with one attached hydrogen (secondary N) is 2. The average molecular weight is 319 g/mol. The number of aliphatic imine (C=N–C) groups is 1. The molecule has 7 heteroatoms. The van der Waals surface area contributed by atoms with E-state index in [0.29, 0.717) is 18.3 Å². The lowest BCUT2D eigenvalue weighted by Crippen LogP contribution is -2.38. The molecule has 2 rings (SSSR count). The Kier molecular flexibility index (Phi) is 6.76. The zero-order valence-corrected chi connectivity index (χ0v) is 13.7. The minimum atomic E-state index is 0.377. The van der Waals surface area contributed by atoms with E-state index in [1.165, 1.54) is 4.90 Å². The Bertz CT molecular complexity index is 585. The van der Waals surface area contributed by atoms with E-state index in [1.807, 2.05) is 36.9 Å². The number of thioether (sulfide) groups is 1. The van der Waals surface area contributed by atoms with E-state index in [-0.39, 0.29) is 0 Å². The van der Waals surface area contributed by atoms with Crippen LogP contribution in [0, 0.1) is 6.92 Å². The van der Waals surface area contributed by atoms with Crippen molar-refractivity contribution in [2.24, 2.45) is 4.99 Å². The van der Waals surface area contributed by atoms with Crippen LogP contribution in [0.2, 0.25) is 0 Å². The third-order valence-electron chi connectivity index (χ3n) is 2.69. The predicted octanol–water partition coefficient (Wildman–Crippen LogP) is 2.23. The number of nitrogens with zero attached hydrogens (tertiary/aromatic N) is 3. The molecule has 0 saturated carbocycles. The summed E-state index contributed by atoms with van der Waals surface area (Å²) in [5.41, 5.74) is 0. The second kappa shape index (κ2) is 9.09. The van der Waals surface area contributed by atoms with E-state index in [4.69, 9.17) is 4.52 Å². The lowest BCUT2D eigenvalue weighted by Gasteiger charge is -2.10. The fourth-order valence-electron chi connectivity index (χ4n) is 1.75. The van der Waals surface area contributed by atoms with Gasteiger partial charge in [0, 0.05) is 23.7 Å². The fourth-order valence-corrected chi connectivity index (χ4v) is 2.54. The standard InChI is InChI=1S/C15H21N5OS/c1-3-16-15(18-11-14-19-12(2)20-21-14)17-9-10-22-13-7-5-4-6-8-13/h4-8H,3,9-11H2,1-2H3,(H2,16,17,18). The van der Waals surface area contributed by atoms with Crippen LogP contribution in [-0.4, -0.2) is 34.9 Å². The SMILES string of the molecule is CCNC(=NCc1nc(C)no1)NCCSc1ccccc1. The smallest absolute Gasteiger partial charge is 0.248 e. The van der Waals surface area contributed by atoms with Crippen LogP contribution >= 0.6 is 11.8 Å². The van der Waals surface area contributed by atoms with Gasteiger partial charge in [-0.1, -0.05) is 23.4 Å². The van der Waals surface area contributed by atoms with Crippen molar-refractivity contribution in [2.75, 3.05) is 18.8 Å². The molecule has 0 atom stereocenters. The number of benzene rings is 1. The summed E-state index contributed by atoms with van der Waals surface area (Å²) >= 11 is 1.81. The van der Waals surface area contributed by atoms with Crippen LogP contribution in [0.15, 0.2) is 44.7 Å². The molecule has 1 aromatic carbocycles. The van der Waals surface area contributed by atoms with E-state index in [2.05, 4.69) is 37.9 Å². The summed E-state index contributed by atoms with van der Waals surface area (Å²) in [4.78, 5) is 9.84. The average Bonchev–Trinajstić information content (AvgIpc) is 2.95. The molecule has 118 valence electrons. The first kappa shape index (κ1) is 16.4. The van der Waals surface area contributed by atoms with Gasteiger partial charge in [0.1, 0.15) is 6.54 Å². The topological polar surface area (TPSA) is 75.3 Å². The minimum absolute atomic E-state index is 0.377. The Morgan fingerprint density at radius 2 is 2.09 bits per heavy atom. The van der Waals surface area contributed by atoms with Crippen molar-refractivity contribution in [3.8, 4) is 0 Å². The molecule has 6 nitrogen and oxygen atoms in total. The molecule has 0 saturated heterocycles. The zero-order chi connectivity index (χ0) is 15.6. The molecule has 1 aromatic heterocycles. The highest BCUT2D eigenvalue weighted by atomic mass is 32.2. The Morgan fingerprint density at radius 3 is 2.77 bits per heavy atom. The van der Waals surface area contributed by atoms with Gasteiger partial charge in [0.2, 0.25) is 5.89 Å². The number of guanidine groups is 1. The van der Waals surface area contributed by atoms with Crippen molar-refractivity contribution in [1.82, 2.24) is 20.8 Å². The molecule has 0 radical (unpaired) electrons. The summed E-state index contributed by atoms with van der Waals surface area (Å²) < 4.78 is 5.05. The van der Waals surface area contributed by atoms with Crippen LogP contribution in [0.4, 0.5) is 0 Å². The monoisotopic (exact) mass is 319 g/mol. The molecule has 1 heterocycles. The van der Waals surface area contributed by atoms with E-state index in [0.717, 1.165) is 24.8 Å². The van der Waals surface area contributed by atoms with Gasteiger partial charge in [0.15, 0.2) is 11.8 Å². The second-order valence-electron chi connectivity index (χ2n) is 4.52. The first-order valence-corrected chi connectivity index (χ1v) is 8.25. The van der Waals surface area contributed by atoms with E-state index in [9.17, 15) is 0 Å². The van der Waals surface area contributed by atoms with E-state index >= 15 is 0 Å². The largest absolute Gasteiger partial charge is 0.357 e. The van der Waals surface area contributed by atoms with Crippen LogP contribution in [-0.2, 0) is 6.54 Å². The van der Waals surface area contributed by atoms with Gasteiger partial charge in [-0.25, -0.2) is 4.99 Å². The van der Waals surface area contributed by atoms with Crippen molar-refractivity contribution in [1.29, 1.82) is 0 Å². The summed E-state index contributed by atoms with van der Waals surface area (Å²) in [7, 11) is 0. The van der Waals surface area contributed by atoms with Gasteiger partial charge in [0.05, 0.1) is 0 Å². The highest BCUT2D eigenvalue weighted by Gasteiger charge is 2.03. The minimum Gasteiger partial charge on any atom is -0.357 e. The molecule has 0 aliphatic carbocycles. The van der Waals surface area contributed by atoms with Crippen LogP contribution in [0.25, 0.3) is 0 Å². The normalized spacial score (nSPS) is 11.5. The molecule has 0 fully saturated rings. The van der Waals surface area contributed by atoms with Gasteiger partial charge in [-0.15, -0.1) is 11.8 Å². The van der Waals surface area contributed by atoms with Crippen LogP contribution in [0.1, 0.15) is 18.6 Å². The fraction of sp³-hybridized carbons (Fsp3) is 0.400. The van der Waals surface area contributed by atoms with Gasteiger partial charge in [-0.3, -0.25) is 0 Å². The van der Waals surface area contributed by atoms with Crippen molar-refractivity contribution in [2.45, 2.75) is 25.3 Å². The van der Waals surface area contributed by atoms with Gasteiger partial charge >= 0.3 is 0 Å². The zero-order valence-electron chi connectivity index (χ0n) is 12.9. The molecule has 0 amide bonds. The molecule has 0 bridgehead atoms. The maximum atomic E-state index is 5.05. The number of rotatable bonds is 7. The van der Waals surface area contributed by atoms with Crippen molar-refractivity contribution >= 4 is 17.7 Å². The molecule has 22 heavy (non-hydrogen) atoms. The van der Waals surface area contributed by atoms with Crippen molar-refractivity contribution < 1.29 is 4.52 Å². The van der Waals surface area contributed by atoms with E-state index < -0.39 is 0 Å². The van der Waals surface area contributed by atoms with Gasteiger partial charge in [0.25, 0.3) is 0 Å². The van der Waals surface area contributed by atoms with Crippen molar-refractivity contribution in [3.63, 3.8) is 0 Å². The Hall–Kier alpha value is -2.02. The molecule has 0 spiro atoms. The third kappa shape index (κ3) is 5.77. The number of aromatic nitrogens is 2. The Labute approximate surface area is 134 Å². The highest BCUT2D eigenvalue weighted by molar-refractivity contribution is 7.99. The first-order chi connectivity index (χ1) is 10.8. The van der Waals surface area contributed by atoms with Gasteiger partial charge < -0.3 is 15.2 Å². The maximum Gasteiger partial charge on any atom is 0.248 e. The van der Waals surface area contributed by atoms with Crippen molar-refractivity contribution in [3.05, 3.63) is 42.0 Å². The summed E-state index contributed by atoms with van der Waals surface area (Å²) in [6.07, 6.45) is 0. The molecule has 0 aliphatic rings. The van der Waals surface area contributed by atoms with Gasteiger partial charge in [-0.05, 0) is 26.0 Å². The highest BCUT2D eigenvalue weighted by Crippen LogP contribution is 2.15. The molecule has 0 unspecified atom stereocenters. The maximum absolute atomic E-state index is 5.05. The third-order valence-corrected chi connectivity index (χ3v) is 3.71. The summed E-state index contributed by atoms with van der Waals surface area (Å²) in [6, 6.07) is 10.3. The molecule has 2 N–H and O–H groups in total. The number of aryl methyl sites for hydroxylation is 1. The Balaban J connectivity index is 1.76. The number of hydrogen-bond donors (Lipinski definition) is 2. The number of hydrogen-bond acceptors (Lipinski definition) is 5. The molecular formula is C15H21N5OS. The first-order valence-electron chi connectivity index (χ1n) is 7.27. The Morgan fingerprint density at radius 1 is 1.27 bits per heavy atom. The molecule has 2 aromatic rings. The summed E-state index contributed by atoms with van der Waals surface area (Å²) in [5, 5.41) is 10.2. The lowest BCUT2D eigenvalue weighted by molar-refractivity contribution is 0.376. The molecular weight excluding hydrogens is 298 g/mol. The predicted molar refractivity (Wildman–Crippen MR) is 89.0 cm³/mol. The lowest BCUT2D eigenvalue weighted by atomic mass is 10.4. The second-order valence-corrected chi connectivity index (χ2v) is 5.69. The van der Waals surface area contributed by atoms with Crippen LogP contribution in [0.3, 0.4) is 0 Å². The van der Waals surface area contributed by atoms with Crippen LogP contribution < -0.4 is 10.6 Å². The van der Waals surface area contributed by atoms with Gasteiger partial charge in [-0.2, -0.15) is 4.98 Å². The summed E-state index contributed by atoms with van der Waals surface area (Å²) in [6.45, 7) is 5.84. The molecule has 0 aliphatic heterocycles.